The minimum Gasteiger partial charge on any atom is -0.478 e. The number of benzene rings is 1. The molecular weight excluding hydrogens is 285 g/mol. The van der Waals surface area contributed by atoms with Gasteiger partial charge in [0, 0.05) is 12.4 Å². The van der Waals surface area contributed by atoms with E-state index < -0.39 is 5.97 Å². The number of hydrogen-bond donors (Lipinski definition) is 1. The van der Waals surface area contributed by atoms with E-state index in [1.54, 1.807) is 18.3 Å². The number of aryl methyl sites for hydroxylation is 2. The number of pyridine rings is 1. The number of carbonyl (C=O) groups is 1. The summed E-state index contributed by atoms with van der Waals surface area (Å²) in [5.74, 6) is -0.938. The van der Waals surface area contributed by atoms with Crippen LogP contribution in [0.15, 0.2) is 36.7 Å². The Labute approximate surface area is 120 Å². The van der Waals surface area contributed by atoms with Crippen molar-refractivity contribution in [2.75, 3.05) is 0 Å². The summed E-state index contributed by atoms with van der Waals surface area (Å²) >= 11 is 11.8. The highest BCUT2D eigenvalue weighted by molar-refractivity contribution is 6.42. The lowest BCUT2D eigenvalue weighted by atomic mass is 10.0. The molecule has 2 aromatic rings. The van der Waals surface area contributed by atoms with E-state index in [0.29, 0.717) is 28.5 Å². The highest BCUT2D eigenvalue weighted by Crippen LogP contribution is 2.23. The van der Waals surface area contributed by atoms with Gasteiger partial charge in [-0.1, -0.05) is 29.3 Å². The summed E-state index contributed by atoms with van der Waals surface area (Å²) in [7, 11) is 0. The smallest absolute Gasteiger partial charge is 0.336 e. The topological polar surface area (TPSA) is 50.2 Å². The molecule has 2 rings (SSSR count). The van der Waals surface area contributed by atoms with Gasteiger partial charge in [-0.05, 0) is 42.2 Å². The maximum absolute atomic E-state index is 11.1. The largest absolute Gasteiger partial charge is 0.478 e. The molecule has 0 atom stereocenters. The predicted molar refractivity (Wildman–Crippen MR) is 75.1 cm³/mol. The highest BCUT2D eigenvalue weighted by Gasteiger charge is 2.09. The van der Waals surface area contributed by atoms with Crippen LogP contribution in [-0.4, -0.2) is 16.1 Å². The van der Waals surface area contributed by atoms with E-state index in [2.05, 4.69) is 4.98 Å². The molecule has 0 bridgehead atoms. The lowest BCUT2D eigenvalue weighted by Gasteiger charge is -2.06. The van der Waals surface area contributed by atoms with E-state index in [0.717, 1.165) is 5.56 Å². The van der Waals surface area contributed by atoms with Crippen LogP contribution < -0.4 is 0 Å². The van der Waals surface area contributed by atoms with Gasteiger partial charge >= 0.3 is 5.97 Å². The van der Waals surface area contributed by atoms with Crippen molar-refractivity contribution in [3.63, 3.8) is 0 Å². The van der Waals surface area contributed by atoms with Crippen LogP contribution in [0.1, 0.15) is 21.5 Å². The summed E-state index contributed by atoms with van der Waals surface area (Å²) < 4.78 is 0. The predicted octanol–water partition coefficient (Wildman–Crippen LogP) is 3.87. The Kier molecular flexibility index (Phi) is 4.40. The molecule has 0 saturated carbocycles. The molecule has 0 unspecified atom stereocenters. The molecule has 0 aliphatic rings. The van der Waals surface area contributed by atoms with Crippen LogP contribution in [0.3, 0.4) is 0 Å². The van der Waals surface area contributed by atoms with Gasteiger partial charge in [-0.2, -0.15) is 0 Å². The van der Waals surface area contributed by atoms with Crippen LogP contribution in [0.4, 0.5) is 0 Å². The fourth-order valence-electron chi connectivity index (χ4n) is 1.81. The Morgan fingerprint density at radius 2 is 1.95 bits per heavy atom. The first kappa shape index (κ1) is 13.8. The second kappa shape index (κ2) is 6.04. The summed E-state index contributed by atoms with van der Waals surface area (Å²) in [6, 6.07) is 6.92. The third-order valence-electron chi connectivity index (χ3n) is 2.80. The fourth-order valence-corrected chi connectivity index (χ4v) is 2.13. The van der Waals surface area contributed by atoms with Crippen molar-refractivity contribution in [3.8, 4) is 0 Å². The fraction of sp³-hybridized carbons (Fsp3) is 0.143. The van der Waals surface area contributed by atoms with Crippen LogP contribution in [0, 0.1) is 0 Å². The van der Waals surface area contributed by atoms with E-state index in [9.17, 15) is 4.79 Å². The monoisotopic (exact) mass is 295 g/mol. The van der Waals surface area contributed by atoms with Crippen molar-refractivity contribution in [2.24, 2.45) is 0 Å². The Morgan fingerprint density at radius 3 is 2.63 bits per heavy atom. The van der Waals surface area contributed by atoms with E-state index in [1.165, 1.54) is 12.3 Å². The number of rotatable bonds is 4. The molecule has 0 amide bonds. The second-order valence-electron chi connectivity index (χ2n) is 4.09. The number of carboxylic acid groups (broad SMARTS) is 1. The first-order chi connectivity index (χ1) is 9.08. The van der Waals surface area contributed by atoms with Gasteiger partial charge in [0.2, 0.25) is 0 Å². The van der Waals surface area contributed by atoms with Crippen LogP contribution in [0.25, 0.3) is 0 Å². The zero-order valence-electron chi connectivity index (χ0n) is 9.94. The third-order valence-corrected chi connectivity index (χ3v) is 3.54. The number of hydrogen-bond acceptors (Lipinski definition) is 2. The van der Waals surface area contributed by atoms with Gasteiger partial charge in [0.05, 0.1) is 15.6 Å². The Morgan fingerprint density at radius 1 is 1.16 bits per heavy atom. The summed E-state index contributed by atoms with van der Waals surface area (Å²) in [6.07, 6.45) is 4.34. The number of aromatic nitrogens is 1. The summed E-state index contributed by atoms with van der Waals surface area (Å²) in [5, 5.41) is 10.1. The van der Waals surface area contributed by atoms with Gasteiger partial charge in [0.1, 0.15) is 0 Å². The summed E-state index contributed by atoms with van der Waals surface area (Å²) in [5.41, 5.74) is 2.01. The Bertz CT molecular complexity index is 614. The second-order valence-corrected chi connectivity index (χ2v) is 4.90. The molecule has 1 aromatic heterocycles. The van der Waals surface area contributed by atoms with Crippen molar-refractivity contribution in [1.29, 1.82) is 0 Å². The molecule has 0 fully saturated rings. The molecule has 1 heterocycles. The first-order valence-corrected chi connectivity index (χ1v) is 6.43. The summed E-state index contributed by atoms with van der Waals surface area (Å²) in [6.45, 7) is 0. The minimum atomic E-state index is -0.938. The molecule has 0 aliphatic carbocycles. The van der Waals surface area contributed by atoms with Gasteiger partial charge in [-0.3, -0.25) is 4.98 Å². The molecule has 5 heteroatoms. The maximum atomic E-state index is 11.1. The van der Waals surface area contributed by atoms with E-state index >= 15 is 0 Å². The Hall–Kier alpha value is -1.58. The van der Waals surface area contributed by atoms with Crippen LogP contribution >= 0.6 is 23.2 Å². The highest BCUT2D eigenvalue weighted by atomic mass is 35.5. The minimum absolute atomic E-state index is 0.287. The van der Waals surface area contributed by atoms with Crippen molar-refractivity contribution >= 4 is 29.2 Å². The van der Waals surface area contributed by atoms with Crippen LogP contribution in [-0.2, 0) is 12.8 Å². The number of nitrogens with zero attached hydrogens (tertiary/aromatic N) is 1. The number of aromatic carboxylic acids is 1. The molecule has 98 valence electrons. The molecule has 1 N–H and O–H groups in total. The van der Waals surface area contributed by atoms with Crippen molar-refractivity contribution in [2.45, 2.75) is 12.8 Å². The molecule has 19 heavy (non-hydrogen) atoms. The lowest BCUT2D eigenvalue weighted by Crippen LogP contribution is -2.04. The summed E-state index contributed by atoms with van der Waals surface area (Å²) in [4.78, 5) is 15.0. The quantitative estimate of drug-likeness (QED) is 0.931. The van der Waals surface area contributed by atoms with Gasteiger partial charge in [0.25, 0.3) is 0 Å². The van der Waals surface area contributed by atoms with E-state index in [4.69, 9.17) is 28.3 Å². The van der Waals surface area contributed by atoms with Crippen LogP contribution in [0.5, 0.6) is 0 Å². The van der Waals surface area contributed by atoms with Crippen molar-refractivity contribution in [1.82, 2.24) is 4.98 Å². The number of carboxylic acids is 1. The Balaban J connectivity index is 2.14. The normalized spacial score (nSPS) is 10.4. The first-order valence-electron chi connectivity index (χ1n) is 5.68. The van der Waals surface area contributed by atoms with Gasteiger partial charge < -0.3 is 5.11 Å². The molecular formula is C14H11Cl2NO2. The molecule has 3 nitrogen and oxygen atoms in total. The standard InChI is InChI=1S/C14H11Cl2NO2/c15-12-4-2-9(7-13(12)16)1-3-10-8-17-6-5-11(10)14(18)19/h2,4-8H,1,3H2,(H,18,19). The SMILES string of the molecule is O=C(O)c1ccncc1CCc1ccc(Cl)c(Cl)c1. The third kappa shape index (κ3) is 3.46. The zero-order chi connectivity index (χ0) is 13.8. The van der Waals surface area contributed by atoms with Crippen molar-refractivity contribution < 1.29 is 9.90 Å². The molecule has 0 spiro atoms. The average molecular weight is 296 g/mol. The lowest BCUT2D eigenvalue weighted by molar-refractivity contribution is 0.0695. The molecule has 0 aliphatic heterocycles. The van der Waals surface area contributed by atoms with Gasteiger partial charge in [0.15, 0.2) is 0 Å². The number of halogens is 2. The molecule has 0 radical (unpaired) electrons. The van der Waals surface area contributed by atoms with E-state index in [-0.39, 0.29) is 5.56 Å². The van der Waals surface area contributed by atoms with E-state index in [1.807, 2.05) is 6.07 Å². The zero-order valence-corrected chi connectivity index (χ0v) is 11.4. The van der Waals surface area contributed by atoms with Gasteiger partial charge in [-0.25, -0.2) is 4.79 Å². The van der Waals surface area contributed by atoms with Crippen LogP contribution in [0.2, 0.25) is 10.0 Å². The molecule has 1 aromatic carbocycles. The molecule has 0 saturated heterocycles. The maximum Gasteiger partial charge on any atom is 0.336 e. The van der Waals surface area contributed by atoms with Crippen molar-refractivity contribution in [3.05, 3.63) is 63.4 Å². The average Bonchev–Trinajstić information content (AvgIpc) is 2.40. The van der Waals surface area contributed by atoms with Gasteiger partial charge in [-0.15, -0.1) is 0 Å².